The smallest absolute Gasteiger partial charge is 0.258 e. The molecule has 0 aliphatic rings. The average molecular weight is 268 g/mol. The molecular formula is C13H14ClNO3. The number of ether oxygens (including phenoxy) is 1. The molecule has 0 spiro atoms. The van der Waals surface area contributed by atoms with Gasteiger partial charge in [-0.3, -0.25) is 4.79 Å². The summed E-state index contributed by atoms with van der Waals surface area (Å²) in [5, 5.41) is 12.5. The van der Waals surface area contributed by atoms with E-state index < -0.39 is 6.10 Å². The highest BCUT2D eigenvalue weighted by Crippen LogP contribution is 2.28. The van der Waals surface area contributed by atoms with Crippen LogP contribution >= 0.6 is 11.6 Å². The Labute approximate surface area is 111 Å². The van der Waals surface area contributed by atoms with E-state index in [1.54, 1.807) is 25.1 Å². The number of halogens is 1. The molecule has 0 heterocycles. The Morgan fingerprint density at radius 1 is 1.67 bits per heavy atom. The van der Waals surface area contributed by atoms with Crippen LogP contribution in [0.3, 0.4) is 0 Å². The molecule has 0 saturated heterocycles. The molecule has 0 aromatic heterocycles. The summed E-state index contributed by atoms with van der Waals surface area (Å²) in [5.74, 6) is 2.39. The molecule has 0 unspecified atom stereocenters. The van der Waals surface area contributed by atoms with Crippen molar-refractivity contribution in [2.45, 2.75) is 13.0 Å². The van der Waals surface area contributed by atoms with Gasteiger partial charge in [0.05, 0.1) is 12.6 Å². The van der Waals surface area contributed by atoms with Gasteiger partial charge >= 0.3 is 0 Å². The van der Waals surface area contributed by atoms with Gasteiger partial charge in [-0.15, -0.1) is 6.42 Å². The Balaban J connectivity index is 2.67. The molecule has 1 amide bonds. The zero-order valence-electron chi connectivity index (χ0n) is 9.94. The minimum absolute atomic E-state index is 0.159. The van der Waals surface area contributed by atoms with Gasteiger partial charge in [0.25, 0.3) is 5.91 Å². The normalized spacial score (nSPS) is 11.4. The summed E-state index contributed by atoms with van der Waals surface area (Å²) in [5.41, 5.74) is 0.534. The van der Waals surface area contributed by atoms with Crippen LogP contribution in [0.15, 0.2) is 18.2 Å². The van der Waals surface area contributed by atoms with Crippen molar-refractivity contribution in [2.24, 2.45) is 0 Å². The summed E-state index contributed by atoms with van der Waals surface area (Å²) in [4.78, 5) is 11.3. The van der Waals surface area contributed by atoms with E-state index in [0.29, 0.717) is 16.3 Å². The molecule has 18 heavy (non-hydrogen) atoms. The third-order valence-electron chi connectivity index (χ3n) is 2.17. The van der Waals surface area contributed by atoms with Crippen LogP contribution in [0.4, 0.5) is 0 Å². The van der Waals surface area contributed by atoms with Gasteiger partial charge in [0.15, 0.2) is 6.61 Å². The van der Waals surface area contributed by atoms with Crippen molar-refractivity contribution < 1.29 is 14.6 Å². The fraction of sp³-hybridized carbons (Fsp3) is 0.308. The SMILES string of the molecule is C#CCNC(=O)COc1ccc(Cl)cc1[C@H](C)O. The zero-order valence-corrected chi connectivity index (χ0v) is 10.7. The molecule has 1 aromatic rings. The number of rotatable bonds is 5. The second-order valence-electron chi connectivity index (χ2n) is 3.63. The van der Waals surface area contributed by atoms with E-state index >= 15 is 0 Å². The fourth-order valence-electron chi connectivity index (χ4n) is 1.32. The predicted octanol–water partition coefficient (Wildman–Crippen LogP) is 1.52. The molecule has 96 valence electrons. The number of aliphatic hydroxyl groups excluding tert-OH is 1. The largest absolute Gasteiger partial charge is 0.483 e. The van der Waals surface area contributed by atoms with Crippen LogP contribution in [-0.4, -0.2) is 24.2 Å². The first-order valence-corrected chi connectivity index (χ1v) is 5.73. The van der Waals surface area contributed by atoms with Crippen molar-refractivity contribution in [2.75, 3.05) is 13.2 Å². The first-order valence-electron chi connectivity index (χ1n) is 5.35. The van der Waals surface area contributed by atoms with Crippen LogP contribution in [0.5, 0.6) is 5.75 Å². The van der Waals surface area contributed by atoms with E-state index in [9.17, 15) is 9.90 Å². The number of hydrogen-bond acceptors (Lipinski definition) is 3. The number of amides is 1. The van der Waals surface area contributed by atoms with Gasteiger partial charge in [-0.25, -0.2) is 0 Å². The zero-order chi connectivity index (χ0) is 13.5. The molecule has 0 aliphatic heterocycles. The van der Waals surface area contributed by atoms with Crippen molar-refractivity contribution in [3.05, 3.63) is 28.8 Å². The van der Waals surface area contributed by atoms with Crippen molar-refractivity contribution in [1.82, 2.24) is 5.32 Å². The highest BCUT2D eigenvalue weighted by atomic mass is 35.5. The Hall–Kier alpha value is -1.70. The number of carbonyl (C=O) groups is 1. The minimum Gasteiger partial charge on any atom is -0.483 e. The number of hydrogen-bond donors (Lipinski definition) is 2. The highest BCUT2D eigenvalue weighted by Gasteiger charge is 2.11. The first-order chi connectivity index (χ1) is 8.54. The first kappa shape index (κ1) is 14.4. The third-order valence-corrected chi connectivity index (χ3v) is 2.40. The van der Waals surface area contributed by atoms with Crippen molar-refractivity contribution >= 4 is 17.5 Å². The highest BCUT2D eigenvalue weighted by molar-refractivity contribution is 6.30. The van der Waals surface area contributed by atoms with Crippen LogP contribution < -0.4 is 10.1 Å². The van der Waals surface area contributed by atoms with Gasteiger partial charge in [0.1, 0.15) is 5.75 Å². The van der Waals surface area contributed by atoms with Gasteiger partial charge in [-0.1, -0.05) is 17.5 Å². The fourth-order valence-corrected chi connectivity index (χ4v) is 1.50. The predicted molar refractivity (Wildman–Crippen MR) is 69.4 cm³/mol. The van der Waals surface area contributed by atoms with Crippen molar-refractivity contribution in [1.29, 1.82) is 0 Å². The lowest BCUT2D eigenvalue weighted by molar-refractivity contribution is -0.122. The molecule has 0 bridgehead atoms. The van der Waals surface area contributed by atoms with Crippen LogP contribution in [0.1, 0.15) is 18.6 Å². The third kappa shape index (κ3) is 4.28. The van der Waals surface area contributed by atoms with Crippen molar-refractivity contribution in [3.8, 4) is 18.1 Å². The van der Waals surface area contributed by atoms with E-state index in [4.69, 9.17) is 22.8 Å². The molecule has 0 radical (unpaired) electrons. The lowest BCUT2D eigenvalue weighted by Gasteiger charge is -2.13. The van der Waals surface area contributed by atoms with E-state index in [1.807, 2.05) is 0 Å². The number of terminal acetylenes is 1. The second-order valence-corrected chi connectivity index (χ2v) is 4.06. The Morgan fingerprint density at radius 2 is 2.39 bits per heavy atom. The van der Waals surface area contributed by atoms with Crippen LogP contribution in [-0.2, 0) is 4.79 Å². The lowest BCUT2D eigenvalue weighted by atomic mass is 10.1. The maximum Gasteiger partial charge on any atom is 0.258 e. The quantitative estimate of drug-likeness (QED) is 0.796. The van der Waals surface area contributed by atoms with Crippen molar-refractivity contribution in [3.63, 3.8) is 0 Å². The van der Waals surface area contributed by atoms with Gasteiger partial charge in [0.2, 0.25) is 0 Å². The number of aliphatic hydroxyl groups is 1. The molecule has 0 fully saturated rings. The standard InChI is InChI=1S/C13H14ClNO3/c1-3-6-15-13(17)8-18-12-5-4-10(14)7-11(12)9(2)16/h1,4-5,7,9,16H,6,8H2,2H3,(H,15,17)/t9-/m0/s1. The molecule has 1 rings (SSSR count). The summed E-state index contributed by atoms with van der Waals surface area (Å²) in [6.07, 6.45) is 4.28. The molecule has 0 aliphatic carbocycles. The summed E-state index contributed by atoms with van der Waals surface area (Å²) in [6.45, 7) is 1.59. The Kier molecular flexibility index (Phi) is 5.50. The molecule has 2 N–H and O–H groups in total. The average Bonchev–Trinajstić information content (AvgIpc) is 2.34. The Bertz CT molecular complexity index is 466. The molecule has 0 saturated carbocycles. The lowest BCUT2D eigenvalue weighted by Crippen LogP contribution is -2.29. The topological polar surface area (TPSA) is 58.6 Å². The van der Waals surface area contributed by atoms with Gasteiger partial charge in [-0.05, 0) is 25.1 Å². The van der Waals surface area contributed by atoms with Crippen LogP contribution in [0.25, 0.3) is 0 Å². The molecule has 5 heteroatoms. The number of carbonyl (C=O) groups excluding carboxylic acids is 1. The van der Waals surface area contributed by atoms with Gasteiger partial charge in [-0.2, -0.15) is 0 Å². The number of benzene rings is 1. The van der Waals surface area contributed by atoms with E-state index in [0.717, 1.165) is 0 Å². The molecular weight excluding hydrogens is 254 g/mol. The van der Waals surface area contributed by atoms with Crippen LogP contribution in [0.2, 0.25) is 5.02 Å². The van der Waals surface area contributed by atoms with Crippen LogP contribution in [0, 0.1) is 12.3 Å². The Morgan fingerprint density at radius 3 is 3.00 bits per heavy atom. The van der Waals surface area contributed by atoms with Gasteiger partial charge < -0.3 is 15.2 Å². The minimum atomic E-state index is -0.729. The summed E-state index contributed by atoms with van der Waals surface area (Å²) < 4.78 is 5.31. The molecule has 1 atom stereocenters. The summed E-state index contributed by atoms with van der Waals surface area (Å²) >= 11 is 5.82. The van der Waals surface area contributed by atoms with E-state index in [-0.39, 0.29) is 19.1 Å². The maximum absolute atomic E-state index is 11.3. The van der Waals surface area contributed by atoms with E-state index in [1.165, 1.54) is 0 Å². The maximum atomic E-state index is 11.3. The second kappa shape index (κ2) is 6.90. The summed E-state index contributed by atoms with van der Waals surface area (Å²) in [7, 11) is 0. The number of nitrogens with one attached hydrogen (secondary N) is 1. The summed E-state index contributed by atoms with van der Waals surface area (Å²) in [6, 6.07) is 4.84. The molecule has 1 aromatic carbocycles. The molecule has 4 nitrogen and oxygen atoms in total. The van der Waals surface area contributed by atoms with E-state index in [2.05, 4.69) is 11.2 Å². The monoisotopic (exact) mass is 267 g/mol. The van der Waals surface area contributed by atoms with Gasteiger partial charge in [0, 0.05) is 10.6 Å².